The lowest BCUT2D eigenvalue weighted by atomic mass is 9.88. The number of carbonyl (C=O) groups is 1. The Labute approximate surface area is 238 Å². The molecule has 0 bridgehead atoms. The Morgan fingerprint density at radius 2 is 1.77 bits per heavy atom. The minimum Gasteiger partial charge on any atom is -0.598 e. The van der Waals surface area contributed by atoms with Crippen molar-refractivity contribution in [1.82, 2.24) is 9.29 Å². The van der Waals surface area contributed by atoms with E-state index in [1.165, 1.54) is 34.9 Å². The molecule has 0 unspecified atom stereocenters. The van der Waals surface area contributed by atoms with Crippen molar-refractivity contribution >= 4 is 27.0 Å². The van der Waals surface area contributed by atoms with Crippen LogP contribution in [0.2, 0.25) is 0 Å². The van der Waals surface area contributed by atoms with Gasteiger partial charge in [-0.3, -0.25) is 9.59 Å². The van der Waals surface area contributed by atoms with Crippen molar-refractivity contribution in [3.8, 4) is 11.1 Å². The highest BCUT2D eigenvalue weighted by molar-refractivity contribution is 7.91. The molecule has 4 rings (SSSR count). The molecular formula is C30H35FN2O5S2. The molecule has 7 nitrogen and oxygen atoms in total. The maximum atomic E-state index is 13.7. The molecule has 0 spiro atoms. The zero-order valence-corrected chi connectivity index (χ0v) is 25.0. The highest BCUT2D eigenvalue weighted by Crippen LogP contribution is 2.45. The van der Waals surface area contributed by atoms with Crippen LogP contribution in [0.1, 0.15) is 73.6 Å². The molecule has 1 aliphatic rings. The fourth-order valence-electron chi connectivity index (χ4n) is 4.48. The average Bonchev–Trinajstić information content (AvgIpc) is 3.73. The normalized spacial score (nSPS) is 15.6. The third-order valence-corrected chi connectivity index (χ3v) is 10.3. The molecule has 10 heteroatoms. The number of benzene rings is 2. The summed E-state index contributed by atoms with van der Waals surface area (Å²) in [4.78, 5) is 26.6. The summed E-state index contributed by atoms with van der Waals surface area (Å²) in [6.07, 6.45) is 3.43. The van der Waals surface area contributed by atoms with Crippen molar-refractivity contribution < 1.29 is 22.2 Å². The number of pyridine rings is 1. The smallest absolute Gasteiger partial charge is 0.250 e. The highest BCUT2D eigenvalue weighted by Gasteiger charge is 2.40. The predicted octanol–water partition coefficient (Wildman–Crippen LogP) is 4.86. The highest BCUT2D eigenvalue weighted by atomic mass is 32.2. The van der Waals surface area contributed by atoms with E-state index in [9.17, 15) is 27.0 Å². The molecule has 3 aromatic rings. The first-order chi connectivity index (χ1) is 18.7. The molecule has 1 N–H and O–H groups in total. The van der Waals surface area contributed by atoms with E-state index in [2.05, 4.69) is 4.72 Å². The summed E-state index contributed by atoms with van der Waals surface area (Å²) >= 11 is -1.43. The van der Waals surface area contributed by atoms with E-state index < -0.39 is 37.8 Å². The molecule has 214 valence electrons. The first-order valence-electron chi connectivity index (χ1n) is 13.2. The summed E-state index contributed by atoms with van der Waals surface area (Å²) in [7, 11) is -1.77. The van der Waals surface area contributed by atoms with Crippen LogP contribution in [0.15, 0.2) is 59.5 Å². The SMILES string of the molecule is CCS(=O)(=O)Cc1ccc(C(=O)c2ccc(F)cc2)c(-c2cn(C)c(=O)cc2[C@@H](N[S@@+]([O-])C(C)(C)C)C2CC2)c1. The predicted molar refractivity (Wildman–Crippen MR) is 157 cm³/mol. The molecule has 0 saturated heterocycles. The molecule has 1 fully saturated rings. The lowest BCUT2D eigenvalue weighted by Crippen LogP contribution is -2.42. The largest absolute Gasteiger partial charge is 0.598 e. The Morgan fingerprint density at radius 1 is 1.12 bits per heavy atom. The fourth-order valence-corrected chi connectivity index (χ4v) is 6.27. The third kappa shape index (κ3) is 6.91. The average molecular weight is 587 g/mol. The molecular weight excluding hydrogens is 551 g/mol. The van der Waals surface area contributed by atoms with Crippen LogP contribution in [0, 0.1) is 11.7 Å². The number of halogens is 1. The second-order valence-corrected chi connectivity index (χ2v) is 15.6. The molecule has 2 atom stereocenters. The van der Waals surface area contributed by atoms with Crippen LogP contribution in [0.25, 0.3) is 11.1 Å². The monoisotopic (exact) mass is 586 g/mol. The van der Waals surface area contributed by atoms with Crippen molar-refractivity contribution in [2.45, 2.75) is 57.1 Å². The van der Waals surface area contributed by atoms with Crippen LogP contribution < -0.4 is 10.3 Å². The van der Waals surface area contributed by atoms with Gasteiger partial charge in [-0.15, -0.1) is 4.72 Å². The quantitative estimate of drug-likeness (QED) is 0.269. The van der Waals surface area contributed by atoms with Gasteiger partial charge >= 0.3 is 0 Å². The Morgan fingerprint density at radius 3 is 2.35 bits per heavy atom. The first kappa shape index (κ1) is 30.2. The van der Waals surface area contributed by atoms with Gasteiger partial charge in [-0.25, -0.2) is 12.8 Å². The number of nitrogens with one attached hydrogen (secondary N) is 1. The second-order valence-electron chi connectivity index (χ2n) is 11.3. The number of sulfone groups is 1. The lowest BCUT2D eigenvalue weighted by molar-refractivity contribution is 0.103. The number of aromatic nitrogens is 1. The van der Waals surface area contributed by atoms with Gasteiger partial charge in [0.1, 0.15) is 10.6 Å². The lowest BCUT2D eigenvalue weighted by Gasteiger charge is -2.29. The Balaban J connectivity index is 1.94. The van der Waals surface area contributed by atoms with Gasteiger partial charge in [-0.2, -0.15) is 0 Å². The van der Waals surface area contributed by atoms with Gasteiger partial charge in [0.2, 0.25) is 0 Å². The Hall–Kier alpha value is -2.79. The van der Waals surface area contributed by atoms with Crippen LogP contribution in [-0.4, -0.2) is 33.8 Å². The van der Waals surface area contributed by atoms with E-state index in [-0.39, 0.29) is 39.9 Å². The van der Waals surface area contributed by atoms with Gasteiger partial charge in [0.05, 0.1) is 11.8 Å². The summed E-state index contributed by atoms with van der Waals surface area (Å²) in [5, 5.41) is 0. The van der Waals surface area contributed by atoms with Gasteiger partial charge in [0.25, 0.3) is 5.56 Å². The van der Waals surface area contributed by atoms with Crippen molar-refractivity contribution in [3.63, 3.8) is 0 Å². The molecule has 0 amide bonds. The summed E-state index contributed by atoms with van der Waals surface area (Å²) < 4.78 is 55.8. The molecule has 0 aliphatic heterocycles. The number of ketones is 1. The number of rotatable bonds is 10. The third-order valence-electron chi connectivity index (χ3n) is 7.03. The van der Waals surface area contributed by atoms with E-state index in [1.54, 1.807) is 38.4 Å². The van der Waals surface area contributed by atoms with Crippen LogP contribution in [0.4, 0.5) is 4.39 Å². The van der Waals surface area contributed by atoms with E-state index in [0.717, 1.165) is 12.8 Å². The minimum absolute atomic E-state index is 0.0318. The number of hydrogen-bond donors (Lipinski definition) is 1. The van der Waals surface area contributed by atoms with Crippen molar-refractivity contribution in [2.24, 2.45) is 13.0 Å². The van der Waals surface area contributed by atoms with Crippen LogP contribution >= 0.6 is 0 Å². The van der Waals surface area contributed by atoms with E-state index in [0.29, 0.717) is 22.3 Å². The number of carbonyl (C=O) groups excluding carboxylic acids is 1. The Bertz CT molecular complexity index is 1570. The minimum atomic E-state index is -3.37. The molecule has 1 heterocycles. The van der Waals surface area contributed by atoms with E-state index >= 15 is 0 Å². The van der Waals surface area contributed by atoms with E-state index in [1.807, 2.05) is 20.8 Å². The second kappa shape index (κ2) is 11.6. The zero-order valence-electron chi connectivity index (χ0n) is 23.4. The maximum Gasteiger partial charge on any atom is 0.250 e. The van der Waals surface area contributed by atoms with Crippen LogP contribution in [-0.2, 0) is 34.0 Å². The maximum absolute atomic E-state index is 13.7. The Kier molecular flexibility index (Phi) is 8.75. The van der Waals surface area contributed by atoms with Crippen molar-refractivity contribution in [3.05, 3.63) is 93.2 Å². The standard InChI is InChI=1S/C30H35FN2O5S2/c1-6-40(37,38)18-19-7-14-23(29(35)21-10-12-22(31)13-11-21)24(15-19)26-17-33(5)27(34)16-25(26)28(20-8-9-20)32-39(36)30(2,3)4/h7,10-17,20,28,32H,6,8-9,18H2,1-5H3/t28-,39-/m0/s1. The van der Waals surface area contributed by atoms with E-state index in [4.69, 9.17) is 0 Å². The van der Waals surface area contributed by atoms with Gasteiger partial charge in [0, 0.05) is 53.1 Å². The number of aryl methyl sites for hydroxylation is 1. The first-order valence-corrected chi connectivity index (χ1v) is 16.2. The summed E-state index contributed by atoms with van der Waals surface area (Å²) in [5.74, 6) is -0.926. The summed E-state index contributed by atoms with van der Waals surface area (Å²) in [6, 6.07) is 11.2. The van der Waals surface area contributed by atoms with Crippen molar-refractivity contribution in [1.29, 1.82) is 0 Å². The molecule has 40 heavy (non-hydrogen) atoms. The molecule has 0 radical (unpaired) electrons. The summed E-state index contributed by atoms with van der Waals surface area (Å²) in [6.45, 7) is 7.17. The van der Waals surface area contributed by atoms with Crippen LogP contribution in [0.3, 0.4) is 0 Å². The number of nitrogens with zero attached hydrogens (tertiary/aromatic N) is 1. The molecule has 1 aromatic heterocycles. The van der Waals surface area contributed by atoms with Crippen LogP contribution in [0.5, 0.6) is 0 Å². The van der Waals surface area contributed by atoms with Gasteiger partial charge < -0.3 is 9.12 Å². The zero-order chi connectivity index (χ0) is 29.4. The molecule has 1 aliphatic carbocycles. The number of hydrogen-bond acceptors (Lipinski definition) is 6. The van der Waals surface area contributed by atoms with Crippen molar-refractivity contribution in [2.75, 3.05) is 5.75 Å². The van der Waals surface area contributed by atoms with Gasteiger partial charge in [-0.05, 0) is 86.6 Å². The topological polar surface area (TPSA) is 108 Å². The molecule has 2 aromatic carbocycles. The fraction of sp³-hybridized carbons (Fsp3) is 0.400. The molecule has 1 saturated carbocycles. The summed E-state index contributed by atoms with van der Waals surface area (Å²) in [5.41, 5.74) is 2.43. The van der Waals surface area contributed by atoms with Gasteiger partial charge in [0.15, 0.2) is 15.6 Å². The van der Waals surface area contributed by atoms with Gasteiger partial charge in [-0.1, -0.05) is 19.1 Å².